The van der Waals surface area contributed by atoms with Crippen LogP contribution in [0.3, 0.4) is 0 Å². The molecule has 1 atom stereocenters. The van der Waals surface area contributed by atoms with E-state index in [-0.39, 0.29) is 5.60 Å². The van der Waals surface area contributed by atoms with Crippen LogP contribution >= 0.6 is 11.6 Å². The Morgan fingerprint density at radius 1 is 1.33 bits per heavy atom. The summed E-state index contributed by atoms with van der Waals surface area (Å²) in [7, 11) is 0. The first-order valence-corrected chi connectivity index (χ1v) is 7.04. The van der Waals surface area contributed by atoms with Gasteiger partial charge in [0.15, 0.2) is 0 Å². The minimum absolute atomic E-state index is 0.190. The molecule has 102 valence electrons. The minimum Gasteiger partial charge on any atom is -0.486 e. The molecule has 1 rings (SSSR count). The Hall–Kier alpha value is -0.730. The molecule has 0 heterocycles. The lowest BCUT2D eigenvalue weighted by atomic mass is 10.0. The van der Waals surface area contributed by atoms with Crippen molar-refractivity contribution in [1.82, 2.24) is 5.32 Å². The van der Waals surface area contributed by atoms with E-state index in [2.05, 4.69) is 26.1 Å². The predicted molar refractivity (Wildman–Crippen MR) is 78.7 cm³/mol. The fourth-order valence-electron chi connectivity index (χ4n) is 1.71. The van der Waals surface area contributed by atoms with Crippen LogP contribution in [0.2, 0.25) is 5.02 Å². The summed E-state index contributed by atoms with van der Waals surface area (Å²) in [6.45, 7) is 10.4. The van der Waals surface area contributed by atoms with Gasteiger partial charge in [-0.2, -0.15) is 0 Å². The van der Waals surface area contributed by atoms with Gasteiger partial charge in [-0.1, -0.05) is 31.5 Å². The predicted octanol–water partition coefficient (Wildman–Crippen LogP) is 4.20. The van der Waals surface area contributed by atoms with Crippen LogP contribution in [0, 0.1) is 6.92 Å². The fourth-order valence-corrected chi connectivity index (χ4v) is 1.87. The highest BCUT2D eigenvalue weighted by Crippen LogP contribution is 2.27. The second-order valence-corrected chi connectivity index (χ2v) is 5.43. The molecule has 1 N–H and O–H groups in total. The molecule has 0 aliphatic carbocycles. The van der Waals surface area contributed by atoms with Gasteiger partial charge in [-0.15, -0.1) is 0 Å². The van der Waals surface area contributed by atoms with Crippen molar-refractivity contribution in [2.45, 2.75) is 46.1 Å². The van der Waals surface area contributed by atoms with Crippen molar-refractivity contribution in [2.24, 2.45) is 0 Å². The molecule has 0 fully saturated rings. The van der Waals surface area contributed by atoms with E-state index in [1.165, 1.54) is 0 Å². The number of rotatable bonds is 7. The quantitative estimate of drug-likeness (QED) is 0.749. The third-order valence-corrected chi connectivity index (χ3v) is 3.42. The molecule has 0 aromatic heterocycles. The number of benzene rings is 1. The molecule has 1 aromatic rings. The zero-order valence-corrected chi connectivity index (χ0v) is 12.6. The summed E-state index contributed by atoms with van der Waals surface area (Å²) in [5, 5.41) is 4.14. The van der Waals surface area contributed by atoms with Gasteiger partial charge in [-0.25, -0.2) is 0 Å². The minimum atomic E-state index is -0.190. The molecule has 0 saturated heterocycles. The summed E-state index contributed by atoms with van der Waals surface area (Å²) in [5.41, 5.74) is 0.930. The van der Waals surface area contributed by atoms with Crippen LogP contribution in [0.4, 0.5) is 0 Å². The molecule has 1 unspecified atom stereocenters. The van der Waals surface area contributed by atoms with Crippen molar-refractivity contribution >= 4 is 11.6 Å². The highest BCUT2D eigenvalue weighted by atomic mass is 35.5. The SMILES string of the molecule is CCCNCC(C)(CC)Oc1cc(Cl)ccc1C. The molecule has 0 saturated carbocycles. The highest BCUT2D eigenvalue weighted by Gasteiger charge is 2.24. The van der Waals surface area contributed by atoms with Crippen LogP contribution in [-0.2, 0) is 0 Å². The van der Waals surface area contributed by atoms with Crippen molar-refractivity contribution in [3.63, 3.8) is 0 Å². The lowest BCUT2D eigenvalue weighted by Crippen LogP contribution is -2.43. The third-order valence-electron chi connectivity index (χ3n) is 3.18. The first kappa shape index (κ1) is 15.3. The summed E-state index contributed by atoms with van der Waals surface area (Å²) in [4.78, 5) is 0. The Morgan fingerprint density at radius 3 is 2.67 bits per heavy atom. The molecular weight excluding hydrogens is 246 g/mol. The topological polar surface area (TPSA) is 21.3 Å². The maximum Gasteiger partial charge on any atom is 0.124 e. The molecule has 2 nitrogen and oxygen atoms in total. The van der Waals surface area contributed by atoms with Crippen molar-refractivity contribution in [2.75, 3.05) is 13.1 Å². The first-order valence-electron chi connectivity index (χ1n) is 6.66. The van der Waals surface area contributed by atoms with Crippen LogP contribution < -0.4 is 10.1 Å². The first-order chi connectivity index (χ1) is 8.50. The zero-order valence-electron chi connectivity index (χ0n) is 11.8. The molecule has 0 spiro atoms. The molecule has 0 aliphatic heterocycles. The van der Waals surface area contributed by atoms with E-state index in [1.54, 1.807) is 0 Å². The molecular formula is C15H24ClNO. The lowest BCUT2D eigenvalue weighted by Gasteiger charge is -2.31. The Balaban J connectivity index is 2.74. The summed E-state index contributed by atoms with van der Waals surface area (Å²) in [5.74, 6) is 0.880. The fraction of sp³-hybridized carbons (Fsp3) is 0.600. The van der Waals surface area contributed by atoms with Crippen molar-refractivity contribution in [3.05, 3.63) is 28.8 Å². The van der Waals surface area contributed by atoms with Crippen LogP contribution in [-0.4, -0.2) is 18.7 Å². The Bertz CT molecular complexity index is 381. The number of ether oxygens (including phenoxy) is 1. The number of nitrogens with one attached hydrogen (secondary N) is 1. The number of hydrogen-bond donors (Lipinski definition) is 1. The maximum atomic E-state index is 6.16. The van der Waals surface area contributed by atoms with E-state index in [4.69, 9.17) is 16.3 Å². The van der Waals surface area contributed by atoms with Gasteiger partial charge >= 0.3 is 0 Å². The van der Waals surface area contributed by atoms with Gasteiger partial charge in [0.25, 0.3) is 0 Å². The van der Waals surface area contributed by atoms with E-state index in [0.29, 0.717) is 0 Å². The Morgan fingerprint density at radius 2 is 2.06 bits per heavy atom. The van der Waals surface area contributed by atoms with E-state index in [9.17, 15) is 0 Å². The van der Waals surface area contributed by atoms with Crippen LogP contribution in [0.15, 0.2) is 18.2 Å². The lowest BCUT2D eigenvalue weighted by molar-refractivity contribution is 0.0829. The number of hydrogen-bond acceptors (Lipinski definition) is 2. The summed E-state index contributed by atoms with van der Waals surface area (Å²) in [6, 6.07) is 5.78. The largest absolute Gasteiger partial charge is 0.486 e. The van der Waals surface area contributed by atoms with Gasteiger partial charge in [-0.3, -0.25) is 0 Å². The summed E-state index contributed by atoms with van der Waals surface area (Å²) in [6.07, 6.45) is 2.09. The number of aryl methyl sites for hydroxylation is 1. The van der Waals surface area contributed by atoms with Gasteiger partial charge in [0.05, 0.1) is 0 Å². The van der Waals surface area contributed by atoms with Crippen LogP contribution in [0.5, 0.6) is 5.75 Å². The Kier molecular flexibility index (Phi) is 5.97. The van der Waals surface area contributed by atoms with Gasteiger partial charge in [0.1, 0.15) is 11.4 Å². The van der Waals surface area contributed by atoms with Gasteiger partial charge in [-0.05, 0) is 50.9 Å². The monoisotopic (exact) mass is 269 g/mol. The van der Waals surface area contributed by atoms with Crippen LogP contribution in [0.25, 0.3) is 0 Å². The molecule has 0 radical (unpaired) electrons. The second-order valence-electron chi connectivity index (χ2n) is 4.99. The molecule has 1 aromatic carbocycles. The van der Waals surface area contributed by atoms with Gasteiger partial charge in [0, 0.05) is 11.6 Å². The summed E-state index contributed by atoms with van der Waals surface area (Å²) >= 11 is 6.02. The maximum absolute atomic E-state index is 6.16. The van der Waals surface area contributed by atoms with Crippen molar-refractivity contribution in [1.29, 1.82) is 0 Å². The van der Waals surface area contributed by atoms with E-state index in [1.807, 2.05) is 25.1 Å². The highest BCUT2D eigenvalue weighted by molar-refractivity contribution is 6.30. The second kappa shape index (κ2) is 7.01. The van der Waals surface area contributed by atoms with E-state index >= 15 is 0 Å². The Labute approximate surface area is 116 Å². The molecule has 0 amide bonds. The average molecular weight is 270 g/mol. The smallest absolute Gasteiger partial charge is 0.124 e. The summed E-state index contributed by atoms with van der Waals surface area (Å²) < 4.78 is 6.16. The standard InChI is InChI=1S/C15H24ClNO/c1-5-9-17-11-15(4,6-2)18-14-10-13(16)8-7-12(14)3/h7-8,10,17H,5-6,9,11H2,1-4H3. The molecule has 3 heteroatoms. The van der Waals surface area contributed by atoms with Crippen LogP contribution in [0.1, 0.15) is 39.2 Å². The van der Waals surface area contributed by atoms with E-state index < -0.39 is 0 Å². The third kappa shape index (κ3) is 4.51. The molecule has 0 bridgehead atoms. The zero-order chi connectivity index (χ0) is 13.6. The van der Waals surface area contributed by atoms with Crippen molar-refractivity contribution in [3.8, 4) is 5.75 Å². The van der Waals surface area contributed by atoms with Gasteiger partial charge < -0.3 is 10.1 Å². The van der Waals surface area contributed by atoms with Crippen molar-refractivity contribution < 1.29 is 4.74 Å². The normalized spacial score (nSPS) is 14.3. The molecule has 18 heavy (non-hydrogen) atoms. The molecule has 0 aliphatic rings. The number of halogens is 1. The van der Waals surface area contributed by atoms with E-state index in [0.717, 1.165) is 42.3 Å². The van der Waals surface area contributed by atoms with Gasteiger partial charge in [0.2, 0.25) is 0 Å². The average Bonchev–Trinajstić information content (AvgIpc) is 2.34.